The van der Waals surface area contributed by atoms with E-state index in [1.807, 2.05) is 0 Å². The van der Waals surface area contributed by atoms with Crippen LogP contribution in [0.4, 0.5) is 8.78 Å². The van der Waals surface area contributed by atoms with Crippen LogP contribution < -0.4 is 15.6 Å². The highest BCUT2D eigenvalue weighted by Gasteiger charge is 2.51. The Labute approximate surface area is 266 Å². The number of hydrogen-bond acceptors (Lipinski definition) is 5. The van der Waals surface area contributed by atoms with E-state index in [0.29, 0.717) is 28.1 Å². The molecule has 2 atom stereocenters. The van der Waals surface area contributed by atoms with Gasteiger partial charge in [-0.2, -0.15) is 0 Å². The van der Waals surface area contributed by atoms with Gasteiger partial charge in [0.25, 0.3) is 5.92 Å². The highest BCUT2D eigenvalue weighted by molar-refractivity contribution is 7.89. The summed E-state index contributed by atoms with van der Waals surface area (Å²) < 4.78 is 66.0. The molecule has 4 N–H and O–H groups in total. The summed E-state index contributed by atoms with van der Waals surface area (Å²) in [4.78, 5) is 14.9. The minimum Gasteiger partial charge on any atom is -0.490 e. The van der Waals surface area contributed by atoms with Gasteiger partial charge in [0.1, 0.15) is 11.7 Å². The number of ether oxygens (including phenoxy) is 1. The maximum Gasteiger partial charge on any atom is 0.288 e. The molecule has 4 aromatic rings. The fourth-order valence-corrected chi connectivity index (χ4v) is 7.37. The molecular weight excluding hydrogens is 620 g/mol. The standard InChI is InChI=1S/C34H34ClF2N3O4S/c35-25-12-7-22(8-13-25)21-5-10-24(11-6-21)34(36,37)32(33(41)40-18-17-26(38)20-40)31-29-15-14-28(44-27-3-1-2-4-27)19-23(29)9-16-30(31)45(39,42)43/h5-16,19,26-27,32H,1-4,17-18,20,38H2,(H2,39,42,43)/t26-,32-/m1/s1. The van der Waals surface area contributed by atoms with Crippen molar-refractivity contribution in [3.63, 3.8) is 0 Å². The lowest BCUT2D eigenvalue weighted by Gasteiger charge is -2.32. The highest BCUT2D eigenvalue weighted by Crippen LogP contribution is 2.48. The Morgan fingerprint density at radius 1 is 0.933 bits per heavy atom. The Hall–Kier alpha value is -3.57. The van der Waals surface area contributed by atoms with Gasteiger partial charge in [-0.3, -0.25) is 4.79 Å². The van der Waals surface area contributed by atoms with Crippen molar-refractivity contribution in [2.24, 2.45) is 10.9 Å². The Morgan fingerprint density at radius 2 is 1.58 bits per heavy atom. The number of fused-ring (bicyclic) bond motifs is 1. The average molecular weight is 654 g/mol. The second kappa shape index (κ2) is 12.3. The van der Waals surface area contributed by atoms with Crippen molar-refractivity contribution in [2.75, 3.05) is 13.1 Å². The van der Waals surface area contributed by atoms with Crippen LogP contribution in [-0.4, -0.2) is 44.5 Å². The molecule has 1 aliphatic heterocycles. The topological polar surface area (TPSA) is 116 Å². The van der Waals surface area contributed by atoms with E-state index in [2.05, 4.69) is 0 Å². The Morgan fingerprint density at radius 3 is 2.18 bits per heavy atom. The van der Waals surface area contributed by atoms with Crippen molar-refractivity contribution in [3.05, 3.63) is 95.0 Å². The number of benzene rings is 4. The molecule has 0 bridgehead atoms. The van der Waals surface area contributed by atoms with E-state index in [9.17, 15) is 13.2 Å². The van der Waals surface area contributed by atoms with Crippen LogP contribution in [0.2, 0.25) is 5.02 Å². The summed E-state index contributed by atoms with van der Waals surface area (Å²) in [6, 6.07) is 19.7. The zero-order valence-electron chi connectivity index (χ0n) is 24.5. The highest BCUT2D eigenvalue weighted by atomic mass is 35.5. The lowest BCUT2D eigenvalue weighted by molar-refractivity contribution is -0.143. The minimum absolute atomic E-state index is 0.0551. The third-order valence-electron chi connectivity index (χ3n) is 8.79. The predicted octanol–water partition coefficient (Wildman–Crippen LogP) is 6.56. The molecule has 2 aliphatic rings. The first kappa shape index (κ1) is 31.4. The smallest absolute Gasteiger partial charge is 0.288 e. The third kappa shape index (κ3) is 6.42. The van der Waals surface area contributed by atoms with Gasteiger partial charge in [0, 0.05) is 29.7 Å². The molecule has 2 fully saturated rings. The molecule has 7 nitrogen and oxygen atoms in total. The van der Waals surface area contributed by atoms with Crippen molar-refractivity contribution in [1.29, 1.82) is 0 Å². The summed E-state index contributed by atoms with van der Waals surface area (Å²) in [5.41, 5.74) is 6.71. The third-order valence-corrected chi connectivity index (χ3v) is 10.0. The van der Waals surface area contributed by atoms with E-state index in [1.54, 1.807) is 42.5 Å². The van der Waals surface area contributed by atoms with Crippen LogP contribution in [0.3, 0.4) is 0 Å². The number of nitrogens with zero attached hydrogens (tertiary/aromatic N) is 1. The molecule has 45 heavy (non-hydrogen) atoms. The quantitative estimate of drug-likeness (QED) is 0.223. The van der Waals surface area contributed by atoms with Crippen molar-refractivity contribution in [1.82, 2.24) is 4.90 Å². The van der Waals surface area contributed by atoms with Gasteiger partial charge in [0.15, 0.2) is 0 Å². The number of carbonyl (C=O) groups is 1. The minimum atomic E-state index is -4.53. The van der Waals surface area contributed by atoms with Crippen LogP contribution in [0.25, 0.3) is 21.9 Å². The molecule has 4 aromatic carbocycles. The summed E-state index contributed by atoms with van der Waals surface area (Å²) in [5, 5.41) is 6.81. The van der Waals surface area contributed by atoms with Crippen molar-refractivity contribution in [3.8, 4) is 16.9 Å². The van der Waals surface area contributed by atoms with E-state index in [0.717, 1.165) is 31.2 Å². The summed E-state index contributed by atoms with van der Waals surface area (Å²) in [5.74, 6) is -6.42. The average Bonchev–Trinajstić information content (AvgIpc) is 3.69. The molecule has 0 aromatic heterocycles. The van der Waals surface area contributed by atoms with Crippen LogP contribution in [0, 0.1) is 0 Å². The van der Waals surface area contributed by atoms with Crippen molar-refractivity contribution < 1.29 is 26.7 Å². The number of sulfonamides is 1. The van der Waals surface area contributed by atoms with Gasteiger partial charge in [-0.05, 0) is 89.9 Å². The van der Waals surface area contributed by atoms with Gasteiger partial charge in [-0.15, -0.1) is 0 Å². The molecule has 0 spiro atoms. The van der Waals surface area contributed by atoms with E-state index in [-0.39, 0.29) is 36.2 Å². The maximum atomic E-state index is 17.0. The second-order valence-electron chi connectivity index (χ2n) is 11.9. The van der Waals surface area contributed by atoms with Gasteiger partial charge >= 0.3 is 0 Å². The van der Waals surface area contributed by atoms with Gasteiger partial charge in [0.05, 0.1) is 11.0 Å². The number of carbonyl (C=O) groups excluding carboxylic acids is 1. The largest absolute Gasteiger partial charge is 0.490 e. The first-order chi connectivity index (χ1) is 21.4. The predicted molar refractivity (Wildman–Crippen MR) is 171 cm³/mol. The summed E-state index contributed by atoms with van der Waals surface area (Å²) >= 11 is 6.00. The van der Waals surface area contributed by atoms with Crippen molar-refractivity contribution in [2.45, 2.75) is 61.0 Å². The van der Waals surface area contributed by atoms with E-state index in [1.165, 1.54) is 41.3 Å². The fourth-order valence-electron chi connectivity index (χ4n) is 6.45. The van der Waals surface area contributed by atoms with Crippen LogP contribution in [-0.2, 0) is 20.7 Å². The van der Waals surface area contributed by atoms with Gasteiger partial charge in [0.2, 0.25) is 15.9 Å². The molecule has 1 aliphatic carbocycles. The number of halogens is 3. The Bertz CT molecular complexity index is 1830. The van der Waals surface area contributed by atoms with E-state index >= 15 is 8.78 Å². The fraction of sp³-hybridized carbons (Fsp3) is 0.324. The van der Waals surface area contributed by atoms with E-state index in [4.69, 9.17) is 27.2 Å². The summed E-state index contributed by atoms with van der Waals surface area (Å²) in [6.07, 6.45) is 4.48. The summed E-state index contributed by atoms with van der Waals surface area (Å²) in [7, 11) is -4.53. The van der Waals surface area contributed by atoms with Crippen molar-refractivity contribution >= 4 is 38.3 Å². The normalized spacial score (nSPS) is 18.4. The lowest BCUT2D eigenvalue weighted by atomic mass is 9.83. The number of primary sulfonamides is 1. The van der Waals surface area contributed by atoms with E-state index < -0.39 is 38.2 Å². The molecule has 236 valence electrons. The molecule has 0 radical (unpaired) electrons. The number of likely N-dealkylation sites (tertiary alicyclic amines) is 1. The Balaban J connectivity index is 1.50. The number of hydrogen-bond donors (Lipinski definition) is 2. The van der Waals surface area contributed by atoms with Gasteiger partial charge in [-0.25, -0.2) is 22.3 Å². The molecule has 1 heterocycles. The molecule has 1 saturated heterocycles. The van der Waals surface area contributed by atoms with Crippen LogP contribution >= 0.6 is 11.6 Å². The molecule has 1 saturated carbocycles. The Kier molecular flexibility index (Phi) is 8.60. The number of rotatable bonds is 8. The van der Waals surface area contributed by atoms with Gasteiger partial charge < -0.3 is 15.4 Å². The lowest BCUT2D eigenvalue weighted by Crippen LogP contribution is -2.42. The molecule has 1 amide bonds. The monoisotopic (exact) mass is 653 g/mol. The first-order valence-corrected chi connectivity index (χ1v) is 16.9. The second-order valence-corrected chi connectivity index (χ2v) is 13.9. The molecule has 0 unspecified atom stereocenters. The zero-order valence-corrected chi connectivity index (χ0v) is 26.0. The molecular formula is C34H34ClF2N3O4S. The zero-order chi connectivity index (χ0) is 31.9. The molecule has 11 heteroatoms. The SMILES string of the molecule is N[C@@H]1CCN(C(=O)[C@@H](c2c(S(N)(=O)=O)ccc3cc(OC4CCCC4)ccc23)C(F)(F)c2ccc(-c3ccc(Cl)cc3)cc2)C1. The first-order valence-electron chi connectivity index (χ1n) is 15.0. The number of amides is 1. The van der Waals surface area contributed by atoms with Crippen LogP contribution in [0.15, 0.2) is 83.8 Å². The number of nitrogens with two attached hydrogens (primary N) is 2. The maximum absolute atomic E-state index is 17.0. The van der Waals surface area contributed by atoms with Gasteiger partial charge in [-0.1, -0.05) is 60.1 Å². The van der Waals surface area contributed by atoms with Crippen LogP contribution in [0.5, 0.6) is 5.75 Å². The number of alkyl halides is 2. The summed E-state index contributed by atoms with van der Waals surface area (Å²) in [6.45, 7) is 0.257. The van der Waals surface area contributed by atoms with Crippen LogP contribution in [0.1, 0.15) is 49.1 Å². The molecule has 6 rings (SSSR count).